The van der Waals surface area contributed by atoms with Crippen molar-refractivity contribution in [2.45, 2.75) is 45.8 Å². The van der Waals surface area contributed by atoms with Gasteiger partial charge in [0.2, 0.25) is 6.79 Å². The van der Waals surface area contributed by atoms with Crippen molar-refractivity contribution in [2.24, 2.45) is 11.8 Å². The van der Waals surface area contributed by atoms with Gasteiger partial charge < -0.3 is 29.0 Å². The summed E-state index contributed by atoms with van der Waals surface area (Å²) in [4.78, 5) is 54.6. The molecule has 1 N–H and O–H groups in total. The normalized spacial score (nSPS) is 19.8. The molecule has 1 amide bonds. The predicted octanol–water partition coefficient (Wildman–Crippen LogP) is 2.46. The molecule has 1 aromatic carbocycles. The summed E-state index contributed by atoms with van der Waals surface area (Å²) >= 11 is 0. The zero-order valence-electron chi connectivity index (χ0n) is 21.8. The highest BCUT2D eigenvalue weighted by Crippen LogP contribution is 2.30. The molecule has 3 atom stereocenters. The van der Waals surface area contributed by atoms with Crippen LogP contribution in [0.1, 0.15) is 43.2 Å². The molecule has 204 valence electrons. The SMILES string of the molecule is COc1ccnc(C(=O)NC2COC(=O)[C@H](Cc3ccccc3)C[C@H](C)OC2=O)c1OCOC(=O)C(C)C. The van der Waals surface area contributed by atoms with Crippen LogP contribution >= 0.6 is 0 Å². The van der Waals surface area contributed by atoms with E-state index in [1.807, 2.05) is 30.3 Å². The third kappa shape index (κ3) is 7.67. The number of methoxy groups -OCH3 is 1. The number of benzene rings is 1. The fourth-order valence-corrected chi connectivity index (χ4v) is 3.77. The van der Waals surface area contributed by atoms with E-state index in [0.717, 1.165) is 5.56 Å². The first-order valence-corrected chi connectivity index (χ1v) is 12.2. The maximum absolute atomic E-state index is 13.1. The molecule has 0 saturated carbocycles. The second-order valence-corrected chi connectivity index (χ2v) is 9.10. The van der Waals surface area contributed by atoms with Crippen molar-refractivity contribution in [3.05, 3.63) is 53.9 Å². The Morgan fingerprint density at radius 2 is 1.87 bits per heavy atom. The van der Waals surface area contributed by atoms with Crippen LogP contribution in [0.3, 0.4) is 0 Å². The third-order valence-electron chi connectivity index (χ3n) is 5.75. The lowest BCUT2D eigenvalue weighted by atomic mass is 9.94. The van der Waals surface area contributed by atoms with Crippen LogP contribution in [0.5, 0.6) is 11.5 Å². The number of ether oxygens (including phenoxy) is 5. The van der Waals surface area contributed by atoms with Gasteiger partial charge in [-0.15, -0.1) is 0 Å². The molecule has 0 radical (unpaired) electrons. The molecule has 11 heteroatoms. The number of cyclic esters (lactones) is 2. The van der Waals surface area contributed by atoms with Crippen LogP contribution in [-0.2, 0) is 35.0 Å². The third-order valence-corrected chi connectivity index (χ3v) is 5.75. The lowest BCUT2D eigenvalue weighted by molar-refractivity contribution is -0.154. The van der Waals surface area contributed by atoms with E-state index in [1.165, 1.54) is 19.4 Å². The Balaban J connectivity index is 1.73. The first kappa shape index (κ1) is 28.4. The van der Waals surface area contributed by atoms with Crippen molar-refractivity contribution < 1.29 is 42.9 Å². The number of carbonyl (C=O) groups is 4. The molecule has 0 spiro atoms. The number of pyridine rings is 1. The summed E-state index contributed by atoms with van der Waals surface area (Å²) in [6.07, 6.45) is 1.42. The van der Waals surface area contributed by atoms with Crippen molar-refractivity contribution >= 4 is 23.8 Å². The fourth-order valence-electron chi connectivity index (χ4n) is 3.77. The highest BCUT2D eigenvalue weighted by molar-refractivity contribution is 5.98. The van der Waals surface area contributed by atoms with E-state index in [4.69, 9.17) is 23.7 Å². The molecule has 2 aromatic rings. The molecular weight excluding hydrogens is 496 g/mol. The van der Waals surface area contributed by atoms with E-state index in [0.29, 0.717) is 6.42 Å². The molecule has 2 heterocycles. The summed E-state index contributed by atoms with van der Waals surface area (Å²) in [5, 5.41) is 2.50. The van der Waals surface area contributed by atoms with Crippen LogP contribution in [0.25, 0.3) is 0 Å². The fraction of sp³-hybridized carbons (Fsp3) is 0.444. The maximum Gasteiger partial charge on any atom is 0.332 e. The zero-order chi connectivity index (χ0) is 27.7. The Hall–Kier alpha value is -4.15. The van der Waals surface area contributed by atoms with E-state index in [-0.39, 0.29) is 29.5 Å². The van der Waals surface area contributed by atoms with Crippen LogP contribution in [0.2, 0.25) is 0 Å². The highest BCUT2D eigenvalue weighted by atomic mass is 16.7. The predicted molar refractivity (Wildman–Crippen MR) is 133 cm³/mol. The van der Waals surface area contributed by atoms with Crippen molar-refractivity contribution in [1.29, 1.82) is 0 Å². The number of esters is 3. The van der Waals surface area contributed by atoms with Crippen molar-refractivity contribution in [1.82, 2.24) is 10.3 Å². The van der Waals surface area contributed by atoms with Gasteiger partial charge in [-0.05, 0) is 25.3 Å². The summed E-state index contributed by atoms with van der Waals surface area (Å²) < 4.78 is 26.7. The average Bonchev–Trinajstić information content (AvgIpc) is 2.94. The van der Waals surface area contributed by atoms with Gasteiger partial charge in [0.1, 0.15) is 6.61 Å². The number of hydrogen-bond donors (Lipinski definition) is 1. The molecule has 0 bridgehead atoms. The molecule has 1 saturated heterocycles. The molecule has 1 aliphatic rings. The van der Waals surface area contributed by atoms with Crippen molar-refractivity contribution in [3.63, 3.8) is 0 Å². The summed E-state index contributed by atoms with van der Waals surface area (Å²) in [5.41, 5.74) is 0.728. The van der Waals surface area contributed by atoms with E-state index in [1.54, 1.807) is 20.8 Å². The first-order chi connectivity index (χ1) is 18.2. The number of carbonyl (C=O) groups excluding carboxylic acids is 4. The topological polar surface area (TPSA) is 139 Å². The quantitative estimate of drug-likeness (QED) is 0.293. The number of hydrogen-bond acceptors (Lipinski definition) is 10. The lowest BCUT2D eigenvalue weighted by Gasteiger charge is -2.19. The number of nitrogens with zero attached hydrogens (tertiary/aromatic N) is 1. The van der Waals surface area contributed by atoms with Crippen LogP contribution in [0.4, 0.5) is 0 Å². The minimum absolute atomic E-state index is 0.0891. The summed E-state index contributed by atoms with van der Waals surface area (Å²) in [6.45, 7) is 4.11. The van der Waals surface area contributed by atoms with E-state index < -0.39 is 55.3 Å². The standard InChI is InChI=1S/C27H32N2O9/c1-16(2)25(31)37-15-36-23-21(34-4)10-11-28-22(23)24(30)29-20-14-35-26(32)19(12-17(3)38-27(20)33)13-18-8-6-5-7-9-18/h5-11,16-17,19-20H,12-15H2,1-4H3,(H,29,30)/t17-,19-,20?/m0/s1. The van der Waals surface area contributed by atoms with Gasteiger partial charge in [-0.3, -0.25) is 14.4 Å². The van der Waals surface area contributed by atoms with E-state index in [2.05, 4.69) is 10.3 Å². The Bertz CT molecular complexity index is 1140. The Morgan fingerprint density at radius 1 is 1.13 bits per heavy atom. The summed E-state index contributed by atoms with van der Waals surface area (Å²) in [5.74, 6) is -3.37. The summed E-state index contributed by atoms with van der Waals surface area (Å²) in [7, 11) is 1.37. The monoisotopic (exact) mass is 528 g/mol. The molecule has 3 rings (SSSR count). The van der Waals surface area contributed by atoms with Gasteiger partial charge in [-0.1, -0.05) is 44.2 Å². The van der Waals surface area contributed by atoms with Crippen LogP contribution < -0.4 is 14.8 Å². The molecule has 1 unspecified atom stereocenters. The van der Waals surface area contributed by atoms with Gasteiger partial charge in [0.05, 0.1) is 25.0 Å². The Labute approximate surface area is 220 Å². The van der Waals surface area contributed by atoms with Crippen LogP contribution in [-0.4, -0.2) is 61.5 Å². The van der Waals surface area contributed by atoms with E-state index in [9.17, 15) is 19.2 Å². The number of rotatable bonds is 9. The number of nitrogens with one attached hydrogen (secondary N) is 1. The minimum atomic E-state index is -1.29. The largest absolute Gasteiger partial charge is 0.493 e. The smallest absolute Gasteiger partial charge is 0.332 e. The highest BCUT2D eigenvalue weighted by Gasteiger charge is 2.33. The zero-order valence-corrected chi connectivity index (χ0v) is 21.8. The Kier molecular flexibility index (Phi) is 10.0. The van der Waals surface area contributed by atoms with Gasteiger partial charge >= 0.3 is 17.9 Å². The number of amides is 1. The molecule has 11 nitrogen and oxygen atoms in total. The maximum atomic E-state index is 13.1. The van der Waals surface area contributed by atoms with Gasteiger partial charge in [0, 0.05) is 12.3 Å². The van der Waals surface area contributed by atoms with Crippen LogP contribution in [0.15, 0.2) is 42.6 Å². The van der Waals surface area contributed by atoms with Crippen molar-refractivity contribution in [2.75, 3.05) is 20.5 Å². The molecule has 1 aromatic heterocycles. The molecule has 0 aliphatic carbocycles. The van der Waals surface area contributed by atoms with Gasteiger partial charge in [0.15, 0.2) is 23.2 Å². The van der Waals surface area contributed by atoms with Gasteiger partial charge in [-0.2, -0.15) is 0 Å². The minimum Gasteiger partial charge on any atom is -0.493 e. The van der Waals surface area contributed by atoms with Gasteiger partial charge in [-0.25, -0.2) is 9.78 Å². The number of aromatic nitrogens is 1. The van der Waals surface area contributed by atoms with Gasteiger partial charge in [0.25, 0.3) is 5.91 Å². The van der Waals surface area contributed by atoms with Crippen LogP contribution in [0, 0.1) is 11.8 Å². The lowest BCUT2D eigenvalue weighted by Crippen LogP contribution is -2.46. The molecular formula is C27H32N2O9. The second-order valence-electron chi connectivity index (χ2n) is 9.10. The average molecular weight is 529 g/mol. The van der Waals surface area contributed by atoms with Crippen molar-refractivity contribution in [3.8, 4) is 11.5 Å². The summed E-state index contributed by atoms with van der Waals surface area (Å²) in [6, 6.07) is 9.63. The second kappa shape index (κ2) is 13.4. The molecule has 1 fully saturated rings. The molecule has 1 aliphatic heterocycles. The van der Waals surface area contributed by atoms with E-state index >= 15 is 0 Å². The first-order valence-electron chi connectivity index (χ1n) is 12.2. The molecule has 38 heavy (non-hydrogen) atoms. The Morgan fingerprint density at radius 3 is 2.55 bits per heavy atom.